The number of carbonyl (C=O) groups excluding carboxylic acids is 1. The summed E-state index contributed by atoms with van der Waals surface area (Å²) in [4.78, 5) is 22.9. The number of anilines is 1. The number of aromatic nitrogens is 1. The summed E-state index contributed by atoms with van der Waals surface area (Å²) in [7, 11) is -3.34. The molecule has 0 spiro atoms. The lowest BCUT2D eigenvalue weighted by molar-refractivity contribution is -0.134. The van der Waals surface area contributed by atoms with Crippen molar-refractivity contribution in [1.29, 1.82) is 0 Å². The molecule has 0 aliphatic carbocycles. The van der Waals surface area contributed by atoms with Gasteiger partial charge in [0.25, 0.3) is 0 Å². The molecule has 0 radical (unpaired) electrons. The molecule has 0 bridgehead atoms. The maximum absolute atomic E-state index is 12.9. The summed E-state index contributed by atoms with van der Waals surface area (Å²) in [6, 6.07) is 5.78. The first-order chi connectivity index (χ1) is 13.4. The number of hydrogen-bond donors (Lipinski definition) is 0. The molecule has 2 fully saturated rings. The van der Waals surface area contributed by atoms with E-state index in [4.69, 9.17) is 4.98 Å². The molecule has 1 atom stereocenters. The normalized spacial score (nSPS) is 21.6. The third-order valence-corrected chi connectivity index (χ3v) is 8.45. The van der Waals surface area contributed by atoms with Crippen LogP contribution >= 0.6 is 23.1 Å². The van der Waals surface area contributed by atoms with E-state index in [9.17, 15) is 13.2 Å². The Morgan fingerprint density at radius 3 is 2.64 bits per heavy atom. The highest BCUT2D eigenvalue weighted by atomic mass is 32.2. The van der Waals surface area contributed by atoms with Gasteiger partial charge in [-0.1, -0.05) is 11.3 Å². The van der Waals surface area contributed by atoms with Gasteiger partial charge in [-0.05, 0) is 37.3 Å². The zero-order chi connectivity index (χ0) is 19.9. The number of thioether (sulfide) groups is 1. The van der Waals surface area contributed by atoms with Crippen LogP contribution in [0.4, 0.5) is 5.13 Å². The van der Waals surface area contributed by atoms with E-state index in [0.29, 0.717) is 39.1 Å². The molecule has 4 rings (SSSR count). The Hall–Kier alpha value is -1.36. The predicted molar refractivity (Wildman–Crippen MR) is 115 cm³/mol. The summed E-state index contributed by atoms with van der Waals surface area (Å²) in [6.45, 7) is 3.07. The van der Waals surface area contributed by atoms with E-state index in [2.05, 4.69) is 29.4 Å². The topological polar surface area (TPSA) is 73.8 Å². The Labute approximate surface area is 173 Å². The number of hydrogen-bond acceptors (Lipinski definition) is 7. The first kappa shape index (κ1) is 19.9. The lowest BCUT2D eigenvalue weighted by atomic mass is 10.2. The van der Waals surface area contributed by atoms with Gasteiger partial charge in [0.05, 0.1) is 16.5 Å². The van der Waals surface area contributed by atoms with Crippen molar-refractivity contribution in [3.05, 3.63) is 18.2 Å². The maximum atomic E-state index is 12.9. The molecule has 152 valence electrons. The zero-order valence-corrected chi connectivity index (χ0v) is 18.4. The van der Waals surface area contributed by atoms with Crippen LogP contribution in [-0.4, -0.2) is 79.8 Å². The van der Waals surface area contributed by atoms with Crippen LogP contribution in [0.25, 0.3) is 10.2 Å². The number of thiazole rings is 1. The molecular formula is C18H24N4O3S3. The predicted octanol–water partition coefficient (Wildman–Crippen LogP) is 2.09. The number of carbonyl (C=O) groups is 1. The zero-order valence-electron chi connectivity index (χ0n) is 16.0. The van der Waals surface area contributed by atoms with E-state index in [0.717, 1.165) is 17.1 Å². The van der Waals surface area contributed by atoms with Crippen molar-refractivity contribution in [2.45, 2.75) is 23.8 Å². The van der Waals surface area contributed by atoms with Crippen molar-refractivity contribution in [2.24, 2.45) is 0 Å². The van der Waals surface area contributed by atoms with Crippen LogP contribution in [0.1, 0.15) is 12.8 Å². The van der Waals surface area contributed by atoms with Gasteiger partial charge in [-0.3, -0.25) is 4.79 Å². The Balaban J connectivity index is 1.42. The molecule has 2 aromatic rings. The largest absolute Gasteiger partial charge is 0.345 e. The summed E-state index contributed by atoms with van der Waals surface area (Å²) in [6.07, 6.45) is 4.61. The van der Waals surface area contributed by atoms with Gasteiger partial charge in [-0.15, -0.1) is 11.8 Å². The number of piperazine rings is 1. The molecule has 0 unspecified atom stereocenters. The molecule has 28 heavy (non-hydrogen) atoms. The fourth-order valence-electron chi connectivity index (χ4n) is 3.87. The number of benzene rings is 1. The Morgan fingerprint density at radius 2 is 1.96 bits per heavy atom. The minimum Gasteiger partial charge on any atom is -0.345 e. The molecule has 2 aliphatic rings. The average Bonchev–Trinajstić information content (AvgIpc) is 3.33. The van der Waals surface area contributed by atoms with Crippen molar-refractivity contribution >= 4 is 54.4 Å². The summed E-state index contributed by atoms with van der Waals surface area (Å²) in [5, 5.41) is 0.985. The molecule has 2 saturated heterocycles. The molecule has 10 heteroatoms. The molecule has 7 nitrogen and oxygen atoms in total. The Kier molecular flexibility index (Phi) is 5.56. The molecule has 1 amide bonds. The highest BCUT2D eigenvalue weighted by molar-refractivity contribution is 7.98. The minimum absolute atomic E-state index is 0.0588. The smallest absolute Gasteiger partial charge is 0.241 e. The van der Waals surface area contributed by atoms with Gasteiger partial charge in [0.15, 0.2) is 5.13 Å². The van der Waals surface area contributed by atoms with Crippen LogP contribution in [0.15, 0.2) is 23.1 Å². The quantitative estimate of drug-likeness (QED) is 0.678. The van der Waals surface area contributed by atoms with Crippen LogP contribution in [0.3, 0.4) is 0 Å². The lowest BCUT2D eigenvalue weighted by Crippen LogP contribution is -2.54. The van der Waals surface area contributed by atoms with Gasteiger partial charge in [0.1, 0.15) is 6.04 Å². The molecule has 0 saturated carbocycles. The number of rotatable bonds is 4. The molecule has 3 heterocycles. The second kappa shape index (κ2) is 7.81. The van der Waals surface area contributed by atoms with Crippen molar-refractivity contribution in [3.63, 3.8) is 0 Å². The van der Waals surface area contributed by atoms with Gasteiger partial charge < -0.3 is 9.80 Å². The van der Waals surface area contributed by atoms with Gasteiger partial charge in [-0.25, -0.2) is 13.4 Å². The summed E-state index contributed by atoms with van der Waals surface area (Å²) >= 11 is 3.40. The van der Waals surface area contributed by atoms with Crippen molar-refractivity contribution < 1.29 is 13.2 Å². The number of amides is 1. The first-order valence-corrected chi connectivity index (χ1v) is 13.2. The molecular weight excluding hydrogens is 416 g/mol. The molecule has 1 aromatic heterocycles. The summed E-state index contributed by atoms with van der Waals surface area (Å²) < 4.78 is 26.4. The van der Waals surface area contributed by atoms with Gasteiger partial charge in [0, 0.05) is 37.6 Å². The van der Waals surface area contributed by atoms with Crippen LogP contribution in [0, 0.1) is 0 Å². The van der Waals surface area contributed by atoms with Crippen LogP contribution in [0.5, 0.6) is 0 Å². The Morgan fingerprint density at radius 1 is 1.21 bits per heavy atom. The highest BCUT2D eigenvalue weighted by Crippen LogP contribution is 2.32. The third-order valence-electron chi connectivity index (χ3n) is 5.36. The summed E-state index contributed by atoms with van der Waals surface area (Å²) in [5.74, 6) is -0.0588. The van der Waals surface area contributed by atoms with E-state index in [1.54, 1.807) is 23.1 Å². The van der Waals surface area contributed by atoms with Crippen molar-refractivity contribution in [3.8, 4) is 0 Å². The summed E-state index contributed by atoms with van der Waals surface area (Å²) in [5.41, 5.74) is 1.01. The van der Waals surface area contributed by atoms with Gasteiger partial charge in [0.2, 0.25) is 15.9 Å². The van der Waals surface area contributed by atoms with Crippen LogP contribution in [0.2, 0.25) is 0 Å². The number of sulfonamides is 1. The maximum Gasteiger partial charge on any atom is 0.241 e. The minimum atomic E-state index is -3.34. The van der Waals surface area contributed by atoms with E-state index in [-0.39, 0.29) is 5.91 Å². The van der Waals surface area contributed by atoms with E-state index in [1.165, 1.54) is 20.2 Å². The molecule has 1 aromatic carbocycles. The third kappa shape index (κ3) is 3.87. The van der Waals surface area contributed by atoms with Crippen LogP contribution in [-0.2, 0) is 14.8 Å². The van der Waals surface area contributed by atoms with Gasteiger partial charge >= 0.3 is 0 Å². The Bertz CT molecular complexity index is 983. The lowest BCUT2D eigenvalue weighted by Gasteiger charge is -2.36. The fraction of sp³-hybridized carbons (Fsp3) is 0.556. The SMILES string of the molecule is CSc1ccc2nc(N3CCN(C(=O)[C@@H]4CCCN4S(C)(=O)=O)CC3)sc2c1. The van der Waals surface area contributed by atoms with E-state index < -0.39 is 16.1 Å². The average molecular weight is 441 g/mol. The van der Waals surface area contributed by atoms with Crippen LogP contribution < -0.4 is 4.90 Å². The fourth-order valence-corrected chi connectivity index (χ4v) is 6.56. The highest BCUT2D eigenvalue weighted by Gasteiger charge is 2.39. The van der Waals surface area contributed by atoms with Crippen molar-refractivity contribution in [2.75, 3.05) is 50.1 Å². The standard InChI is InChI=1S/C18H24N4O3S3/c1-26-13-5-6-14-16(12-13)27-18(19-14)21-10-8-20(9-11-21)17(23)15-4-3-7-22(15)28(2,24)25/h5-6,12,15H,3-4,7-11H2,1-2H3/t15-/m0/s1. The number of fused-ring (bicyclic) bond motifs is 1. The molecule has 0 N–H and O–H groups in total. The number of nitrogens with zero attached hydrogens (tertiary/aromatic N) is 4. The monoisotopic (exact) mass is 440 g/mol. The van der Waals surface area contributed by atoms with E-state index >= 15 is 0 Å². The first-order valence-electron chi connectivity index (χ1n) is 9.32. The molecule has 2 aliphatic heterocycles. The van der Waals surface area contributed by atoms with E-state index in [1.807, 2.05) is 4.90 Å². The van der Waals surface area contributed by atoms with Gasteiger partial charge in [-0.2, -0.15) is 4.31 Å². The second-order valence-electron chi connectivity index (χ2n) is 7.17. The van der Waals surface area contributed by atoms with Crippen molar-refractivity contribution in [1.82, 2.24) is 14.2 Å². The second-order valence-corrected chi connectivity index (χ2v) is 11.0.